The highest BCUT2D eigenvalue weighted by Crippen LogP contribution is 2.25. The summed E-state index contributed by atoms with van der Waals surface area (Å²) in [7, 11) is 3.21. The Morgan fingerprint density at radius 3 is 1.96 bits per heavy atom. The minimum Gasteiger partial charge on any atom is -0.497 e. The van der Waals surface area contributed by atoms with E-state index in [1.807, 2.05) is 48.5 Å². The highest BCUT2D eigenvalue weighted by atomic mass is 35.5. The van der Waals surface area contributed by atoms with Crippen LogP contribution in [0.4, 0.5) is 0 Å². The van der Waals surface area contributed by atoms with Crippen LogP contribution in [-0.4, -0.2) is 34.2 Å². The molecule has 6 nitrogen and oxygen atoms in total. The highest BCUT2D eigenvalue weighted by molar-refractivity contribution is 6.63. The molecule has 0 aliphatic heterocycles. The van der Waals surface area contributed by atoms with Crippen LogP contribution in [0, 0.1) is 0 Å². The number of benzene rings is 2. The Bertz CT molecular complexity index is 874. The number of ether oxygens (including phenoxy) is 2. The second-order valence-corrected chi connectivity index (χ2v) is 5.65. The van der Waals surface area contributed by atoms with Crippen molar-refractivity contribution in [1.82, 2.24) is 14.8 Å². The SMILES string of the molecule is COc1ccc(-c2nc(-c3ccc(OC)cc3)n(CC(=O)Cl)n2)cc1. The Hall–Kier alpha value is -2.86. The van der Waals surface area contributed by atoms with E-state index in [1.54, 1.807) is 14.2 Å². The van der Waals surface area contributed by atoms with Gasteiger partial charge in [0.15, 0.2) is 11.6 Å². The molecule has 7 heteroatoms. The van der Waals surface area contributed by atoms with E-state index in [9.17, 15) is 4.79 Å². The molecule has 0 unspecified atom stereocenters. The maximum atomic E-state index is 11.4. The van der Waals surface area contributed by atoms with Crippen molar-refractivity contribution >= 4 is 16.8 Å². The number of hydrogen-bond acceptors (Lipinski definition) is 5. The predicted molar refractivity (Wildman–Crippen MR) is 94.9 cm³/mol. The predicted octanol–water partition coefficient (Wildman–Crippen LogP) is 3.39. The van der Waals surface area contributed by atoms with Gasteiger partial charge in [-0.3, -0.25) is 4.79 Å². The van der Waals surface area contributed by atoms with Gasteiger partial charge in [0.05, 0.1) is 14.2 Å². The van der Waals surface area contributed by atoms with E-state index in [-0.39, 0.29) is 6.54 Å². The molecule has 0 radical (unpaired) electrons. The molecule has 3 rings (SSSR count). The van der Waals surface area contributed by atoms with Gasteiger partial charge >= 0.3 is 0 Å². The van der Waals surface area contributed by atoms with Crippen LogP contribution in [0.2, 0.25) is 0 Å². The molecule has 128 valence electrons. The molecule has 0 fully saturated rings. The molecular weight excluding hydrogens is 342 g/mol. The van der Waals surface area contributed by atoms with E-state index in [0.29, 0.717) is 11.6 Å². The van der Waals surface area contributed by atoms with E-state index in [1.165, 1.54) is 4.68 Å². The highest BCUT2D eigenvalue weighted by Gasteiger charge is 2.15. The van der Waals surface area contributed by atoms with Gasteiger partial charge in [0.1, 0.15) is 18.0 Å². The van der Waals surface area contributed by atoms with Gasteiger partial charge in [0.2, 0.25) is 5.24 Å². The van der Waals surface area contributed by atoms with Gasteiger partial charge in [-0.15, -0.1) is 5.10 Å². The number of aromatic nitrogens is 3. The normalized spacial score (nSPS) is 10.5. The Morgan fingerprint density at radius 2 is 1.48 bits per heavy atom. The monoisotopic (exact) mass is 357 g/mol. The van der Waals surface area contributed by atoms with E-state index >= 15 is 0 Å². The maximum absolute atomic E-state index is 11.4. The molecule has 0 bridgehead atoms. The van der Waals surface area contributed by atoms with Gasteiger partial charge in [-0.1, -0.05) is 0 Å². The first-order valence-electron chi connectivity index (χ1n) is 7.52. The summed E-state index contributed by atoms with van der Waals surface area (Å²) in [5.74, 6) is 2.54. The summed E-state index contributed by atoms with van der Waals surface area (Å²) in [5.41, 5.74) is 1.63. The van der Waals surface area contributed by atoms with Gasteiger partial charge in [-0.25, -0.2) is 9.67 Å². The van der Waals surface area contributed by atoms with E-state index in [4.69, 9.17) is 21.1 Å². The molecular formula is C18H16ClN3O3. The molecule has 1 aromatic heterocycles. The first-order valence-corrected chi connectivity index (χ1v) is 7.90. The molecule has 3 aromatic rings. The smallest absolute Gasteiger partial charge is 0.243 e. The van der Waals surface area contributed by atoms with Crippen LogP contribution in [0.1, 0.15) is 0 Å². The van der Waals surface area contributed by atoms with Crippen LogP contribution in [0.25, 0.3) is 22.8 Å². The summed E-state index contributed by atoms with van der Waals surface area (Å²) >= 11 is 5.55. The number of methoxy groups -OCH3 is 2. The lowest BCUT2D eigenvalue weighted by Gasteiger charge is -2.04. The van der Waals surface area contributed by atoms with Crippen LogP contribution in [0.3, 0.4) is 0 Å². The Morgan fingerprint density at radius 1 is 0.960 bits per heavy atom. The minimum atomic E-state index is -0.513. The maximum Gasteiger partial charge on any atom is 0.243 e. The zero-order valence-electron chi connectivity index (χ0n) is 13.8. The number of halogens is 1. The third-order valence-electron chi connectivity index (χ3n) is 3.64. The van der Waals surface area contributed by atoms with Crippen molar-refractivity contribution in [2.75, 3.05) is 14.2 Å². The van der Waals surface area contributed by atoms with Gasteiger partial charge < -0.3 is 9.47 Å². The van der Waals surface area contributed by atoms with E-state index in [2.05, 4.69) is 10.1 Å². The van der Waals surface area contributed by atoms with Crippen molar-refractivity contribution in [2.24, 2.45) is 0 Å². The number of carbonyl (C=O) groups is 1. The molecule has 0 aliphatic carbocycles. The average Bonchev–Trinajstić information content (AvgIpc) is 3.05. The van der Waals surface area contributed by atoms with Crippen molar-refractivity contribution in [3.63, 3.8) is 0 Å². The third-order valence-corrected chi connectivity index (χ3v) is 3.76. The average molecular weight is 358 g/mol. The number of nitrogens with zero attached hydrogens (tertiary/aromatic N) is 3. The van der Waals surface area contributed by atoms with Crippen LogP contribution in [0.5, 0.6) is 11.5 Å². The number of rotatable bonds is 6. The van der Waals surface area contributed by atoms with E-state index in [0.717, 1.165) is 22.6 Å². The molecule has 0 aliphatic rings. The fraction of sp³-hybridized carbons (Fsp3) is 0.167. The molecule has 0 spiro atoms. The fourth-order valence-corrected chi connectivity index (χ4v) is 2.50. The standard InChI is InChI=1S/C18H16ClN3O3/c1-24-14-7-3-12(4-8-14)17-20-18(22(21-17)11-16(19)23)13-5-9-15(25-2)10-6-13/h3-10H,11H2,1-2H3. The molecule has 0 N–H and O–H groups in total. The van der Waals surface area contributed by atoms with Crippen molar-refractivity contribution in [3.8, 4) is 34.3 Å². The quantitative estimate of drug-likeness (QED) is 0.632. The van der Waals surface area contributed by atoms with Crippen LogP contribution in [-0.2, 0) is 11.3 Å². The van der Waals surface area contributed by atoms with Gasteiger partial charge in [0, 0.05) is 11.1 Å². The summed E-state index contributed by atoms with van der Waals surface area (Å²) in [5, 5.41) is 3.91. The van der Waals surface area contributed by atoms with Gasteiger partial charge in [-0.2, -0.15) is 0 Å². The van der Waals surface area contributed by atoms with Gasteiger partial charge in [-0.05, 0) is 60.1 Å². The van der Waals surface area contributed by atoms with Crippen LogP contribution >= 0.6 is 11.6 Å². The van der Waals surface area contributed by atoms with Crippen molar-refractivity contribution in [3.05, 3.63) is 48.5 Å². The summed E-state index contributed by atoms with van der Waals surface area (Å²) < 4.78 is 11.8. The second-order valence-electron chi connectivity index (χ2n) is 5.23. The first-order chi connectivity index (χ1) is 12.1. The lowest BCUT2D eigenvalue weighted by atomic mass is 10.2. The topological polar surface area (TPSA) is 66.2 Å². The largest absolute Gasteiger partial charge is 0.497 e. The lowest BCUT2D eigenvalue weighted by molar-refractivity contribution is -0.112. The molecule has 0 saturated heterocycles. The van der Waals surface area contributed by atoms with Crippen LogP contribution < -0.4 is 9.47 Å². The van der Waals surface area contributed by atoms with Crippen molar-refractivity contribution in [2.45, 2.75) is 6.54 Å². The molecule has 2 aromatic carbocycles. The van der Waals surface area contributed by atoms with Crippen molar-refractivity contribution in [1.29, 1.82) is 0 Å². The second kappa shape index (κ2) is 7.36. The minimum absolute atomic E-state index is 0.0634. The fourth-order valence-electron chi connectivity index (χ4n) is 2.39. The van der Waals surface area contributed by atoms with Crippen LogP contribution in [0.15, 0.2) is 48.5 Å². The zero-order valence-corrected chi connectivity index (χ0v) is 14.5. The molecule has 0 atom stereocenters. The number of hydrogen-bond donors (Lipinski definition) is 0. The molecule has 25 heavy (non-hydrogen) atoms. The zero-order chi connectivity index (χ0) is 17.8. The molecule has 0 amide bonds. The third kappa shape index (κ3) is 3.80. The summed E-state index contributed by atoms with van der Waals surface area (Å²) in [6.07, 6.45) is 0. The molecule has 0 saturated carbocycles. The lowest BCUT2D eigenvalue weighted by Crippen LogP contribution is -2.08. The molecule has 1 heterocycles. The summed E-state index contributed by atoms with van der Waals surface area (Å²) in [6.45, 7) is -0.0634. The summed E-state index contributed by atoms with van der Waals surface area (Å²) in [4.78, 5) is 15.9. The summed E-state index contributed by atoms with van der Waals surface area (Å²) in [6, 6.07) is 14.7. The van der Waals surface area contributed by atoms with Crippen molar-refractivity contribution < 1.29 is 14.3 Å². The Kier molecular flexibility index (Phi) is 5.00. The van der Waals surface area contributed by atoms with E-state index < -0.39 is 5.24 Å². The Labute approximate surface area is 150 Å². The number of carbonyl (C=O) groups excluding carboxylic acids is 1. The first kappa shape index (κ1) is 17.0. The Balaban J connectivity index is 2.02. The van der Waals surface area contributed by atoms with Gasteiger partial charge in [0.25, 0.3) is 0 Å².